The SMILES string of the molecule is C.CC(=O)CCCCCNc1ccc([N+](=O)[O-])c2nonc12.CC(=O)CCCC[C@@H]1SC[C@@H]2NC(=O)N[C@@H]21. The molecule has 3 heterocycles. The van der Waals surface area contributed by atoms with E-state index in [0.717, 1.165) is 44.3 Å². The van der Waals surface area contributed by atoms with E-state index in [-0.39, 0.29) is 36.2 Å². The van der Waals surface area contributed by atoms with Crippen LogP contribution in [0, 0.1) is 10.1 Å². The fourth-order valence-corrected chi connectivity index (χ4v) is 5.95. The number of hydrogen-bond acceptors (Lipinski definition) is 10. The van der Waals surface area contributed by atoms with Gasteiger partial charge in [0.1, 0.15) is 11.6 Å². The number of hydrogen-bond donors (Lipinski definition) is 3. The Morgan fingerprint density at radius 1 is 1.08 bits per heavy atom. The number of nitrogens with zero attached hydrogens (tertiary/aromatic N) is 3. The molecule has 2 fully saturated rings. The first kappa shape index (κ1) is 31.0. The van der Waals surface area contributed by atoms with Crippen LogP contribution in [0.25, 0.3) is 11.0 Å². The van der Waals surface area contributed by atoms with Crippen LogP contribution in [0.2, 0.25) is 0 Å². The van der Waals surface area contributed by atoms with Crippen LogP contribution in [0.1, 0.15) is 72.6 Å². The third-order valence-electron chi connectivity index (χ3n) is 6.32. The quantitative estimate of drug-likeness (QED) is 0.138. The van der Waals surface area contributed by atoms with Crippen LogP contribution in [0.4, 0.5) is 16.2 Å². The molecule has 0 unspecified atom stereocenters. The van der Waals surface area contributed by atoms with Crippen molar-refractivity contribution in [3.8, 4) is 0 Å². The van der Waals surface area contributed by atoms with E-state index < -0.39 is 4.92 Å². The highest BCUT2D eigenvalue weighted by atomic mass is 32.2. The van der Waals surface area contributed by atoms with E-state index in [4.69, 9.17) is 0 Å². The van der Waals surface area contributed by atoms with E-state index in [1.54, 1.807) is 19.9 Å². The Hall–Kier alpha value is -3.22. The van der Waals surface area contributed by atoms with Crippen LogP contribution in [0.15, 0.2) is 16.8 Å². The lowest BCUT2D eigenvalue weighted by Gasteiger charge is -2.16. The Morgan fingerprint density at radius 3 is 2.45 bits per heavy atom. The minimum absolute atomic E-state index is 0. The van der Waals surface area contributed by atoms with Gasteiger partial charge in [0.25, 0.3) is 0 Å². The molecule has 0 radical (unpaired) electrons. The number of urea groups is 1. The van der Waals surface area contributed by atoms with Gasteiger partial charge in [0, 0.05) is 36.5 Å². The van der Waals surface area contributed by atoms with E-state index in [1.807, 2.05) is 11.8 Å². The number of ketones is 2. The first-order chi connectivity index (χ1) is 17.8. The van der Waals surface area contributed by atoms with Crippen LogP contribution in [-0.2, 0) is 9.59 Å². The monoisotopic (exact) mass is 550 g/mol. The van der Waals surface area contributed by atoms with Gasteiger partial charge in [-0.15, -0.1) is 0 Å². The predicted octanol–water partition coefficient (Wildman–Crippen LogP) is 4.63. The van der Waals surface area contributed by atoms with Gasteiger partial charge in [-0.2, -0.15) is 11.8 Å². The van der Waals surface area contributed by atoms with Gasteiger partial charge < -0.3 is 25.5 Å². The molecule has 3 N–H and O–H groups in total. The highest BCUT2D eigenvalue weighted by molar-refractivity contribution is 8.00. The van der Waals surface area contributed by atoms with E-state index in [1.165, 1.54) is 6.07 Å². The lowest BCUT2D eigenvalue weighted by Crippen LogP contribution is -2.36. The lowest BCUT2D eigenvalue weighted by atomic mass is 10.0. The van der Waals surface area contributed by atoms with Crippen molar-refractivity contribution in [2.45, 2.75) is 90.0 Å². The maximum absolute atomic E-state index is 11.1. The minimum Gasteiger partial charge on any atom is -0.383 e. The average molecular weight is 551 g/mol. The van der Waals surface area contributed by atoms with Gasteiger partial charge in [-0.3, -0.25) is 10.1 Å². The molecule has 2 amide bonds. The Balaban J connectivity index is 0.000000269. The first-order valence-electron chi connectivity index (χ1n) is 12.6. The number of benzene rings is 1. The van der Waals surface area contributed by atoms with Crippen molar-refractivity contribution in [1.82, 2.24) is 20.9 Å². The summed E-state index contributed by atoms with van der Waals surface area (Å²) in [6.07, 6.45) is 7.17. The molecule has 2 aliphatic heterocycles. The van der Waals surface area contributed by atoms with E-state index in [9.17, 15) is 24.5 Å². The number of amides is 2. The fraction of sp³-hybridized carbons (Fsp3) is 0.640. The summed E-state index contributed by atoms with van der Waals surface area (Å²) in [6.45, 7) is 3.92. The molecule has 0 bridgehead atoms. The van der Waals surface area contributed by atoms with Crippen molar-refractivity contribution in [3.63, 3.8) is 0 Å². The first-order valence-corrected chi connectivity index (χ1v) is 13.6. The summed E-state index contributed by atoms with van der Waals surface area (Å²) < 4.78 is 4.59. The van der Waals surface area contributed by atoms with Gasteiger partial charge in [-0.25, -0.2) is 9.42 Å². The van der Waals surface area contributed by atoms with Crippen molar-refractivity contribution in [1.29, 1.82) is 0 Å². The Kier molecular flexibility index (Phi) is 12.4. The molecule has 0 saturated carbocycles. The number of unbranched alkanes of at least 4 members (excludes halogenated alkanes) is 3. The summed E-state index contributed by atoms with van der Waals surface area (Å²) in [5.74, 6) is 1.49. The maximum atomic E-state index is 11.1. The van der Waals surface area contributed by atoms with Crippen LogP contribution < -0.4 is 16.0 Å². The molecule has 0 aliphatic carbocycles. The number of nitrogens with one attached hydrogen (secondary N) is 3. The second kappa shape index (κ2) is 15.3. The standard InChI is InChI=1S/C13H16N4O4.C11H18N2O2S.CH4/c1-9(18)5-3-2-4-8-14-10-6-7-11(17(19)20)13-12(10)15-21-16-13;1-7(14)4-2-3-5-9-10-8(6-16-9)12-11(15)13-10;/h6-7,14H,2-5,8H2,1H3;8-10H,2-6H2,1H3,(H2,12,13,15);1H4/t;8-,9-,10-;/m.0./s1. The number of rotatable bonds is 13. The number of thioether (sulfide) groups is 1. The van der Waals surface area contributed by atoms with Crippen LogP contribution >= 0.6 is 11.8 Å². The number of anilines is 1. The second-order valence-corrected chi connectivity index (χ2v) is 10.6. The van der Waals surface area contributed by atoms with Crippen molar-refractivity contribution >= 4 is 51.8 Å². The zero-order chi connectivity index (χ0) is 26.8. The number of nitro benzene ring substituents is 1. The molecule has 1 aromatic heterocycles. The summed E-state index contributed by atoms with van der Waals surface area (Å²) in [5.41, 5.74) is 1.02. The molecule has 0 spiro atoms. The van der Waals surface area contributed by atoms with Crippen LogP contribution in [0.3, 0.4) is 0 Å². The van der Waals surface area contributed by atoms with Gasteiger partial charge in [-0.05, 0) is 55.9 Å². The minimum atomic E-state index is -0.516. The molecule has 210 valence electrons. The van der Waals surface area contributed by atoms with Crippen LogP contribution in [0.5, 0.6) is 0 Å². The summed E-state index contributed by atoms with van der Waals surface area (Å²) in [4.78, 5) is 43.1. The lowest BCUT2D eigenvalue weighted by molar-refractivity contribution is -0.383. The van der Waals surface area contributed by atoms with Crippen molar-refractivity contribution in [3.05, 3.63) is 22.2 Å². The maximum Gasteiger partial charge on any atom is 0.315 e. The summed E-state index contributed by atoms with van der Waals surface area (Å²) >= 11 is 1.93. The molecule has 38 heavy (non-hydrogen) atoms. The molecule has 2 saturated heterocycles. The van der Waals surface area contributed by atoms with Gasteiger partial charge in [0.05, 0.1) is 22.7 Å². The summed E-state index contributed by atoms with van der Waals surface area (Å²) in [5, 5.41) is 27.7. The Morgan fingerprint density at radius 2 is 1.76 bits per heavy atom. The summed E-state index contributed by atoms with van der Waals surface area (Å²) in [7, 11) is 0. The molecule has 12 nitrogen and oxygen atoms in total. The number of non-ortho nitro benzene ring substituents is 1. The fourth-order valence-electron chi connectivity index (χ4n) is 4.40. The molecule has 13 heteroatoms. The van der Waals surface area contributed by atoms with Crippen molar-refractivity contribution in [2.75, 3.05) is 17.6 Å². The third-order valence-corrected chi connectivity index (χ3v) is 7.83. The average Bonchev–Trinajstić information content (AvgIpc) is 3.55. The normalized spacial score (nSPS) is 19.4. The molecule has 1 aromatic carbocycles. The highest BCUT2D eigenvalue weighted by Crippen LogP contribution is 2.33. The molecule has 3 atom stereocenters. The Bertz CT molecular complexity index is 1110. The topological polar surface area (TPSA) is 169 Å². The van der Waals surface area contributed by atoms with Gasteiger partial charge in [-0.1, -0.05) is 20.3 Å². The van der Waals surface area contributed by atoms with Gasteiger partial charge >= 0.3 is 11.7 Å². The number of aromatic nitrogens is 2. The Labute approximate surface area is 226 Å². The van der Waals surface area contributed by atoms with Gasteiger partial charge in [0.15, 0.2) is 5.52 Å². The molecule has 2 aliphatic rings. The van der Waals surface area contributed by atoms with Crippen molar-refractivity contribution < 1.29 is 23.9 Å². The number of Topliss-reactive ketones (excluding diaryl/α,β-unsaturated/α-hetero) is 2. The zero-order valence-electron chi connectivity index (χ0n) is 21.2. The summed E-state index contributed by atoms with van der Waals surface area (Å²) in [6, 6.07) is 3.57. The molecule has 2 aromatic rings. The molecule has 4 rings (SSSR count). The van der Waals surface area contributed by atoms with E-state index in [2.05, 4.69) is 30.9 Å². The van der Waals surface area contributed by atoms with E-state index >= 15 is 0 Å². The smallest absolute Gasteiger partial charge is 0.315 e. The van der Waals surface area contributed by atoms with Crippen molar-refractivity contribution in [2.24, 2.45) is 0 Å². The number of fused-ring (bicyclic) bond motifs is 2. The predicted molar refractivity (Wildman–Crippen MR) is 147 cm³/mol. The largest absolute Gasteiger partial charge is 0.383 e. The second-order valence-electron chi connectivity index (χ2n) is 9.36. The molecular formula is C25H38N6O6S. The molecular weight excluding hydrogens is 512 g/mol. The van der Waals surface area contributed by atoms with Gasteiger partial charge in [0.2, 0.25) is 5.52 Å². The number of nitro groups is 1. The highest BCUT2D eigenvalue weighted by Gasteiger charge is 2.42. The number of carbonyl (C=O) groups excluding carboxylic acids is 3. The number of carbonyl (C=O) groups is 3. The van der Waals surface area contributed by atoms with E-state index in [0.29, 0.717) is 47.9 Å². The van der Waals surface area contributed by atoms with Crippen LogP contribution in [-0.4, -0.2) is 62.5 Å². The third kappa shape index (κ3) is 8.96. The zero-order valence-corrected chi connectivity index (χ0v) is 22.0.